The van der Waals surface area contributed by atoms with Crippen molar-refractivity contribution in [3.05, 3.63) is 11.5 Å². The molecule has 0 fully saturated rings. The minimum atomic E-state index is 0. The molecule has 0 heterocycles. The second-order valence-corrected chi connectivity index (χ2v) is 1.65. The van der Waals surface area contributed by atoms with Crippen LogP contribution in [0.1, 0.15) is 0 Å². The Morgan fingerprint density at radius 1 is 0.615 bits per heavy atom. The largest absolute Gasteiger partial charge is 8.00 e. The molecule has 6 nitrogen and oxygen atoms in total. The van der Waals surface area contributed by atoms with E-state index in [-0.39, 0.29) is 19.8 Å². The number of nitrogens with two attached hydrogens (primary N) is 4. The van der Waals surface area contributed by atoms with Gasteiger partial charge in [-0.05, 0) is 13.1 Å². The van der Waals surface area contributed by atoms with Crippen LogP contribution < -0.4 is 22.9 Å². The Labute approximate surface area is 93.8 Å². The van der Waals surface area contributed by atoms with E-state index in [0.29, 0.717) is 39.3 Å². The molecule has 0 atom stereocenters. The van der Waals surface area contributed by atoms with Gasteiger partial charge in [0.15, 0.2) is 0 Å². The van der Waals surface area contributed by atoms with Gasteiger partial charge in [0.25, 0.3) is 0 Å². The van der Waals surface area contributed by atoms with Gasteiger partial charge < -0.3 is 34.4 Å². The Balaban J connectivity index is -0.0000000450. The first kappa shape index (κ1) is 23.3. The summed E-state index contributed by atoms with van der Waals surface area (Å²) in [5.41, 5.74) is 32.1. The van der Waals surface area contributed by atoms with Crippen molar-refractivity contribution >= 4 is 0 Å². The van der Waals surface area contributed by atoms with Crippen LogP contribution in [0.3, 0.4) is 0 Å². The molecule has 0 aliphatic carbocycles. The van der Waals surface area contributed by atoms with E-state index in [1.54, 1.807) is 0 Å². The third kappa shape index (κ3) is 116. The summed E-state index contributed by atoms with van der Waals surface area (Å²) >= 11 is 0. The zero-order valence-electron chi connectivity index (χ0n) is 7.91. The first-order chi connectivity index (χ1) is 5.74. The number of hydrogen-bond donors (Lipinski definition) is 4. The van der Waals surface area contributed by atoms with E-state index in [1.807, 2.05) is 0 Å². The predicted octanol–water partition coefficient (Wildman–Crippen LogP) is -1.10. The summed E-state index contributed by atoms with van der Waals surface area (Å²) in [5.74, 6) is 0. The molecule has 0 radical (unpaired) electrons. The van der Waals surface area contributed by atoms with Gasteiger partial charge >= 0.3 is 19.8 Å². The molecule has 0 bridgehead atoms. The predicted molar refractivity (Wildman–Crippen MR) is 54.6 cm³/mol. The molecule has 10 N–H and O–H groups in total. The average Bonchev–Trinajstić information content (AvgIpc) is 2.18. The second-order valence-electron chi connectivity index (χ2n) is 1.65. The smallest absolute Gasteiger partial charge is 0.676 e. The van der Waals surface area contributed by atoms with E-state index in [0.717, 1.165) is 0 Å². The molecule has 0 aromatic rings. The van der Waals surface area contributed by atoms with Gasteiger partial charge in [0, 0.05) is 13.1 Å². The van der Waals surface area contributed by atoms with Crippen molar-refractivity contribution in [3.8, 4) is 0 Å². The van der Waals surface area contributed by atoms with Crippen LogP contribution in [-0.2, 0) is 19.8 Å². The van der Waals surface area contributed by atoms with Crippen LogP contribution in [0, 0.1) is 0 Å². The maximum Gasteiger partial charge on any atom is 8.00 e. The zero-order valence-corrected chi connectivity index (χ0v) is 10.4. The fourth-order valence-corrected chi connectivity index (χ4v) is 0. The standard InChI is InChI=1S/C2H8N2.2C2H7N2.Os/c3*3-1-2-4;/h1-4H2;2*3H,1-2,4H2;/q;2*-1;+8. The van der Waals surface area contributed by atoms with Crippen LogP contribution in [0.25, 0.3) is 11.5 Å². The maximum absolute atomic E-state index is 6.33. The van der Waals surface area contributed by atoms with E-state index >= 15 is 0 Å². The molecule has 0 unspecified atom stereocenters. The molecule has 0 rings (SSSR count). The summed E-state index contributed by atoms with van der Waals surface area (Å²) in [6.45, 7) is 2.86. The molecule has 0 aliphatic rings. The fraction of sp³-hybridized carbons (Fsp3) is 1.00. The molecule has 0 aromatic carbocycles. The Kier molecular flexibility index (Phi) is 70.6. The summed E-state index contributed by atoms with van der Waals surface area (Å²) in [4.78, 5) is 0. The third-order valence-electron chi connectivity index (χ3n) is 0.455. The van der Waals surface area contributed by atoms with E-state index < -0.39 is 0 Å². The molecular formula is C6H22N6Os+6. The van der Waals surface area contributed by atoms with Crippen LogP contribution in [0.2, 0.25) is 0 Å². The summed E-state index contributed by atoms with van der Waals surface area (Å²) in [6.07, 6.45) is 0. The fourth-order valence-electron chi connectivity index (χ4n) is 0. The molecule has 78 valence electrons. The average molecular weight is 369 g/mol. The molecule has 0 saturated carbocycles. The Morgan fingerprint density at radius 3 is 0.769 bits per heavy atom. The van der Waals surface area contributed by atoms with Gasteiger partial charge in [0.05, 0.1) is 0 Å². The van der Waals surface area contributed by atoms with Gasteiger partial charge in [-0.25, -0.2) is 0 Å². The summed E-state index contributed by atoms with van der Waals surface area (Å²) in [6, 6.07) is 0. The number of hydrogen-bond acceptors (Lipinski definition) is 4. The normalized spacial score (nSPS) is 6.92. The third-order valence-corrected chi connectivity index (χ3v) is 0.455. The molecule has 0 spiro atoms. The molecule has 0 saturated heterocycles. The van der Waals surface area contributed by atoms with Crippen molar-refractivity contribution in [1.82, 2.24) is 0 Å². The van der Waals surface area contributed by atoms with E-state index in [1.165, 1.54) is 0 Å². The number of nitrogens with one attached hydrogen (secondary N) is 2. The molecular weight excluding hydrogens is 346 g/mol. The maximum atomic E-state index is 6.33. The monoisotopic (exact) mass is 370 g/mol. The van der Waals surface area contributed by atoms with Gasteiger partial charge in [-0.2, -0.15) is 0 Å². The molecule has 0 amide bonds. The van der Waals surface area contributed by atoms with Gasteiger partial charge in [0.1, 0.15) is 0 Å². The molecule has 0 aromatic heterocycles. The van der Waals surface area contributed by atoms with Crippen molar-refractivity contribution in [2.75, 3.05) is 39.3 Å². The first-order valence-corrected chi connectivity index (χ1v) is 3.84. The van der Waals surface area contributed by atoms with Gasteiger partial charge in [-0.3, -0.25) is 0 Å². The molecule has 7 heteroatoms. The van der Waals surface area contributed by atoms with Crippen LogP contribution in [0.5, 0.6) is 0 Å². The summed E-state index contributed by atoms with van der Waals surface area (Å²) < 4.78 is 0. The zero-order chi connectivity index (χ0) is 10.2. The first-order valence-electron chi connectivity index (χ1n) is 3.84. The molecule has 13 heavy (non-hydrogen) atoms. The minimum absolute atomic E-state index is 0. The van der Waals surface area contributed by atoms with Crippen molar-refractivity contribution < 1.29 is 19.8 Å². The van der Waals surface area contributed by atoms with Crippen LogP contribution in [-0.4, -0.2) is 39.3 Å². The Bertz CT molecular complexity index is 32.6. The van der Waals surface area contributed by atoms with Gasteiger partial charge in [0.2, 0.25) is 0 Å². The van der Waals surface area contributed by atoms with Crippen LogP contribution in [0.15, 0.2) is 0 Å². The minimum Gasteiger partial charge on any atom is -0.676 e. The second kappa shape index (κ2) is 39.4. The van der Waals surface area contributed by atoms with Crippen molar-refractivity contribution in [3.63, 3.8) is 0 Å². The van der Waals surface area contributed by atoms with Crippen molar-refractivity contribution in [1.29, 1.82) is 0 Å². The Hall–Kier alpha value is 0.396. The quantitative estimate of drug-likeness (QED) is 0.499. The topological polar surface area (TPSA) is 152 Å². The SMILES string of the molecule is NCCN.[NH-]CCN.[NH-]CCN.[Os+8]. The van der Waals surface area contributed by atoms with Crippen LogP contribution in [0.4, 0.5) is 0 Å². The van der Waals surface area contributed by atoms with Gasteiger partial charge in [-0.1, -0.05) is 0 Å². The van der Waals surface area contributed by atoms with Crippen molar-refractivity contribution in [2.24, 2.45) is 22.9 Å². The van der Waals surface area contributed by atoms with Gasteiger partial charge in [-0.15, -0.1) is 13.1 Å². The van der Waals surface area contributed by atoms with E-state index in [9.17, 15) is 0 Å². The number of rotatable bonds is 3. The van der Waals surface area contributed by atoms with Crippen molar-refractivity contribution in [2.45, 2.75) is 0 Å². The molecule has 0 aliphatic heterocycles. The van der Waals surface area contributed by atoms with E-state index in [2.05, 4.69) is 0 Å². The van der Waals surface area contributed by atoms with E-state index in [4.69, 9.17) is 34.4 Å². The van der Waals surface area contributed by atoms with Crippen LogP contribution >= 0.6 is 0 Å². The summed E-state index contributed by atoms with van der Waals surface area (Å²) in [7, 11) is 0. The Morgan fingerprint density at radius 2 is 0.769 bits per heavy atom. The summed E-state index contributed by atoms with van der Waals surface area (Å²) in [5, 5.41) is 0.